The molecule has 0 bridgehead atoms. The van der Waals surface area contributed by atoms with Gasteiger partial charge in [0.25, 0.3) is 0 Å². The minimum atomic E-state index is -0.329. The van der Waals surface area contributed by atoms with Crippen molar-refractivity contribution in [3.63, 3.8) is 0 Å². The molecule has 1 aliphatic heterocycles. The second kappa shape index (κ2) is 8.97. The summed E-state index contributed by atoms with van der Waals surface area (Å²) in [4.78, 5) is 25.0. The van der Waals surface area contributed by atoms with Crippen LogP contribution in [0.4, 0.5) is 11.6 Å². The van der Waals surface area contributed by atoms with E-state index >= 15 is 0 Å². The molecule has 0 aliphatic carbocycles. The Bertz CT molecular complexity index is 1180. The summed E-state index contributed by atoms with van der Waals surface area (Å²) in [5.74, 6) is 1.61. The fourth-order valence-electron chi connectivity index (χ4n) is 3.84. The molecule has 1 unspecified atom stereocenters. The third-order valence-corrected chi connectivity index (χ3v) is 5.36. The van der Waals surface area contributed by atoms with Gasteiger partial charge in [0.2, 0.25) is 11.8 Å². The first-order valence-electron chi connectivity index (χ1n) is 10.1. The molecular formula is C24H24N4O4. The third-order valence-electron chi connectivity index (χ3n) is 5.36. The number of carbonyl (C=O) groups excluding carboxylic acids is 2. The summed E-state index contributed by atoms with van der Waals surface area (Å²) in [6.45, 7) is 0. The maximum absolute atomic E-state index is 12.7. The average molecular weight is 432 g/mol. The molecule has 164 valence electrons. The molecule has 32 heavy (non-hydrogen) atoms. The number of rotatable bonds is 6. The molecule has 2 heterocycles. The summed E-state index contributed by atoms with van der Waals surface area (Å²) in [5.41, 5.74) is 2.58. The number of aryl methyl sites for hydroxylation is 1. The zero-order valence-corrected chi connectivity index (χ0v) is 18.1. The summed E-state index contributed by atoms with van der Waals surface area (Å²) < 4.78 is 12.1. The summed E-state index contributed by atoms with van der Waals surface area (Å²) in [6, 6.07) is 15.1. The molecule has 1 aliphatic rings. The van der Waals surface area contributed by atoms with Gasteiger partial charge in [-0.2, -0.15) is 5.10 Å². The molecule has 0 saturated heterocycles. The maximum atomic E-state index is 12.7. The van der Waals surface area contributed by atoms with E-state index in [9.17, 15) is 9.59 Å². The van der Waals surface area contributed by atoms with E-state index in [0.29, 0.717) is 23.1 Å². The summed E-state index contributed by atoms with van der Waals surface area (Å²) in [6.07, 6.45) is 3.40. The molecule has 4 rings (SSSR count). The highest BCUT2D eigenvalue weighted by Crippen LogP contribution is 2.41. The van der Waals surface area contributed by atoms with Crippen molar-refractivity contribution >= 4 is 29.5 Å². The SMILES string of the molecule is COc1ccc(/C=C\C(=O)Nc2nn(C)c3c2C(c2ccccc2)CC(=O)N3)cc1OC. The van der Waals surface area contributed by atoms with E-state index in [1.807, 2.05) is 36.4 Å². The summed E-state index contributed by atoms with van der Waals surface area (Å²) >= 11 is 0. The first kappa shape index (κ1) is 21.2. The van der Waals surface area contributed by atoms with Crippen LogP contribution in [-0.2, 0) is 16.6 Å². The molecular weight excluding hydrogens is 408 g/mol. The lowest BCUT2D eigenvalue weighted by Crippen LogP contribution is -2.25. The van der Waals surface area contributed by atoms with Crippen molar-refractivity contribution in [2.45, 2.75) is 12.3 Å². The first-order chi connectivity index (χ1) is 15.5. The van der Waals surface area contributed by atoms with Crippen LogP contribution < -0.4 is 20.1 Å². The van der Waals surface area contributed by atoms with Gasteiger partial charge in [-0.15, -0.1) is 0 Å². The van der Waals surface area contributed by atoms with Crippen molar-refractivity contribution in [2.24, 2.45) is 7.05 Å². The van der Waals surface area contributed by atoms with E-state index in [1.54, 1.807) is 44.2 Å². The Kier molecular flexibility index (Phi) is 5.93. The van der Waals surface area contributed by atoms with Crippen LogP contribution in [0.5, 0.6) is 11.5 Å². The van der Waals surface area contributed by atoms with Crippen LogP contribution in [-0.4, -0.2) is 35.8 Å². The number of benzene rings is 2. The van der Waals surface area contributed by atoms with Crippen LogP contribution in [0, 0.1) is 0 Å². The number of ether oxygens (including phenoxy) is 2. The van der Waals surface area contributed by atoms with E-state index in [-0.39, 0.29) is 24.2 Å². The van der Waals surface area contributed by atoms with Gasteiger partial charge in [-0.25, -0.2) is 0 Å². The van der Waals surface area contributed by atoms with Gasteiger partial charge in [0, 0.05) is 31.0 Å². The van der Waals surface area contributed by atoms with Gasteiger partial charge >= 0.3 is 0 Å². The highest BCUT2D eigenvalue weighted by molar-refractivity contribution is 6.03. The Morgan fingerprint density at radius 1 is 1.16 bits per heavy atom. The van der Waals surface area contributed by atoms with E-state index in [2.05, 4.69) is 15.7 Å². The van der Waals surface area contributed by atoms with Crippen molar-refractivity contribution in [1.82, 2.24) is 9.78 Å². The summed E-state index contributed by atoms with van der Waals surface area (Å²) in [7, 11) is 4.87. The second-order valence-electron chi connectivity index (χ2n) is 7.39. The molecule has 1 aromatic heterocycles. The highest BCUT2D eigenvalue weighted by atomic mass is 16.5. The van der Waals surface area contributed by atoms with Crippen molar-refractivity contribution in [2.75, 3.05) is 24.9 Å². The van der Waals surface area contributed by atoms with Crippen LogP contribution in [0.3, 0.4) is 0 Å². The van der Waals surface area contributed by atoms with Crippen molar-refractivity contribution in [3.8, 4) is 11.5 Å². The summed E-state index contributed by atoms with van der Waals surface area (Å²) in [5, 5.41) is 10.2. The number of fused-ring (bicyclic) bond motifs is 1. The lowest BCUT2D eigenvalue weighted by molar-refractivity contribution is -0.116. The molecule has 3 aromatic rings. The van der Waals surface area contributed by atoms with Gasteiger partial charge in [0.1, 0.15) is 5.82 Å². The van der Waals surface area contributed by atoms with E-state index in [0.717, 1.165) is 16.7 Å². The monoisotopic (exact) mass is 432 g/mol. The molecule has 0 fully saturated rings. The molecule has 8 nitrogen and oxygen atoms in total. The predicted octanol–water partition coefficient (Wildman–Crippen LogP) is 3.56. The van der Waals surface area contributed by atoms with Crippen LogP contribution in [0.2, 0.25) is 0 Å². The molecule has 0 radical (unpaired) electrons. The quantitative estimate of drug-likeness (QED) is 0.581. The highest BCUT2D eigenvalue weighted by Gasteiger charge is 2.33. The smallest absolute Gasteiger partial charge is 0.249 e. The van der Waals surface area contributed by atoms with Crippen molar-refractivity contribution in [1.29, 1.82) is 0 Å². The molecule has 1 atom stereocenters. The number of carbonyl (C=O) groups is 2. The number of anilines is 2. The van der Waals surface area contributed by atoms with E-state index in [4.69, 9.17) is 9.47 Å². The Morgan fingerprint density at radius 2 is 1.91 bits per heavy atom. The number of nitrogens with one attached hydrogen (secondary N) is 2. The molecule has 2 N–H and O–H groups in total. The van der Waals surface area contributed by atoms with Crippen molar-refractivity contribution < 1.29 is 19.1 Å². The molecule has 0 saturated carbocycles. The lowest BCUT2D eigenvalue weighted by Gasteiger charge is -2.24. The van der Waals surface area contributed by atoms with Gasteiger partial charge in [-0.3, -0.25) is 14.3 Å². The number of hydrogen-bond acceptors (Lipinski definition) is 5. The van der Waals surface area contributed by atoms with Crippen LogP contribution in [0.1, 0.15) is 29.0 Å². The predicted molar refractivity (Wildman–Crippen MR) is 122 cm³/mol. The molecule has 8 heteroatoms. The van der Waals surface area contributed by atoms with Gasteiger partial charge in [-0.05, 0) is 29.3 Å². The number of nitrogens with zero attached hydrogens (tertiary/aromatic N) is 2. The largest absolute Gasteiger partial charge is 0.493 e. The van der Waals surface area contributed by atoms with Gasteiger partial charge < -0.3 is 20.1 Å². The minimum absolute atomic E-state index is 0.0828. The second-order valence-corrected chi connectivity index (χ2v) is 7.39. The Labute approximate surface area is 185 Å². The van der Waals surface area contributed by atoms with Gasteiger partial charge in [0.05, 0.1) is 14.2 Å². The van der Waals surface area contributed by atoms with E-state index < -0.39 is 0 Å². The average Bonchev–Trinajstić information content (AvgIpc) is 3.12. The van der Waals surface area contributed by atoms with Gasteiger partial charge in [0.15, 0.2) is 17.3 Å². The Balaban J connectivity index is 1.59. The number of hydrogen-bond donors (Lipinski definition) is 2. The number of aromatic nitrogens is 2. The zero-order valence-electron chi connectivity index (χ0n) is 18.1. The first-order valence-corrected chi connectivity index (χ1v) is 10.1. The fourth-order valence-corrected chi connectivity index (χ4v) is 3.84. The zero-order chi connectivity index (χ0) is 22.7. The standard InChI is InChI=1S/C24H24N4O4/c1-28-24-22(17(14-21(30)26-24)16-7-5-4-6-8-16)23(27-28)25-20(29)12-10-15-9-11-18(31-2)19(13-15)32-3/h4-13,17H,14H2,1-3H3,(H,26,30)(H,25,27,29)/b12-10-. The molecule has 0 spiro atoms. The van der Waals surface area contributed by atoms with Crippen LogP contribution >= 0.6 is 0 Å². The Hall–Kier alpha value is -4.07. The minimum Gasteiger partial charge on any atom is -0.493 e. The fraction of sp³-hybridized carbons (Fsp3) is 0.208. The van der Waals surface area contributed by atoms with Crippen molar-refractivity contribution in [3.05, 3.63) is 71.3 Å². The van der Waals surface area contributed by atoms with Gasteiger partial charge in [-0.1, -0.05) is 36.4 Å². The van der Waals surface area contributed by atoms with Crippen LogP contribution in [0.15, 0.2) is 54.6 Å². The Morgan fingerprint density at radius 3 is 2.62 bits per heavy atom. The van der Waals surface area contributed by atoms with E-state index in [1.165, 1.54) is 6.08 Å². The number of methoxy groups -OCH3 is 2. The normalized spacial score (nSPS) is 15.2. The number of amides is 2. The third kappa shape index (κ3) is 4.20. The lowest BCUT2D eigenvalue weighted by atomic mass is 9.86. The van der Waals surface area contributed by atoms with Crippen LogP contribution in [0.25, 0.3) is 6.08 Å². The molecule has 2 aromatic carbocycles. The maximum Gasteiger partial charge on any atom is 0.249 e. The molecule has 2 amide bonds. The topological polar surface area (TPSA) is 94.5 Å².